The summed E-state index contributed by atoms with van der Waals surface area (Å²) in [7, 11) is 0. The van der Waals surface area contributed by atoms with Crippen molar-refractivity contribution in [3.63, 3.8) is 0 Å². The van der Waals surface area contributed by atoms with Gasteiger partial charge in [-0.05, 0) is 50.6 Å². The standard InChI is InChI=1S/C17H19NO3/c1-4-20-15-7-6-13(10-16(15)21-5-2)17(19)14-8-9-18-11-12(14)3/h6-11H,4-5H2,1-3H3. The molecule has 1 aromatic heterocycles. The number of hydrogen-bond acceptors (Lipinski definition) is 4. The van der Waals surface area contributed by atoms with E-state index in [2.05, 4.69) is 4.98 Å². The summed E-state index contributed by atoms with van der Waals surface area (Å²) in [6.45, 7) is 6.76. The topological polar surface area (TPSA) is 48.4 Å². The van der Waals surface area contributed by atoms with Crippen molar-refractivity contribution in [3.05, 3.63) is 53.3 Å². The second-order valence-electron chi connectivity index (χ2n) is 4.55. The van der Waals surface area contributed by atoms with Gasteiger partial charge in [-0.1, -0.05) is 0 Å². The van der Waals surface area contributed by atoms with Gasteiger partial charge in [0, 0.05) is 23.5 Å². The lowest BCUT2D eigenvalue weighted by molar-refractivity contribution is 0.103. The Morgan fingerprint density at radius 3 is 2.48 bits per heavy atom. The molecule has 1 aromatic carbocycles. The van der Waals surface area contributed by atoms with E-state index in [0.717, 1.165) is 5.56 Å². The van der Waals surface area contributed by atoms with Gasteiger partial charge in [0.25, 0.3) is 0 Å². The molecule has 0 saturated carbocycles. The molecule has 0 N–H and O–H groups in total. The van der Waals surface area contributed by atoms with Crippen molar-refractivity contribution in [2.75, 3.05) is 13.2 Å². The number of carbonyl (C=O) groups excluding carboxylic acids is 1. The van der Waals surface area contributed by atoms with Crippen LogP contribution in [0.5, 0.6) is 11.5 Å². The summed E-state index contributed by atoms with van der Waals surface area (Å²) in [6, 6.07) is 7.00. The SMILES string of the molecule is CCOc1ccc(C(=O)c2ccncc2C)cc1OCC. The summed E-state index contributed by atoms with van der Waals surface area (Å²) in [6.07, 6.45) is 3.31. The summed E-state index contributed by atoms with van der Waals surface area (Å²) >= 11 is 0. The molecular formula is C17H19NO3. The first-order chi connectivity index (χ1) is 10.2. The minimum atomic E-state index is -0.0427. The van der Waals surface area contributed by atoms with E-state index in [0.29, 0.717) is 35.8 Å². The maximum Gasteiger partial charge on any atom is 0.193 e. The van der Waals surface area contributed by atoms with Crippen molar-refractivity contribution in [1.29, 1.82) is 0 Å². The minimum Gasteiger partial charge on any atom is -0.490 e. The van der Waals surface area contributed by atoms with E-state index in [4.69, 9.17) is 9.47 Å². The zero-order valence-electron chi connectivity index (χ0n) is 12.6. The van der Waals surface area contributed by atoms with Crippen LogP contribution in [0, 0.1) is 6.92 Å². The summed E-state index contributed by atoms with van der Waals surface area (Å²) in [5.41, 5.74) is 2.09. The molecule has 0 unspecified atom stereocenters. The number of hydrogen-bond donors (Lipinski definition) is 0. The number of rotatable bonds is 6. The Balaban J connectivity index is 2.38. The van der Waals surface area contributed by atoms with Crippen LogP contribution >= 0.6 is 0 Å². The van der Waals surface area contributed by atoms with Gasteiger partial charge in [0.05, 0.1) is 13.2 Å². The highest BCUT2D eigenvalue weighted by Gasteiger charge is 2.14. The number of ketones is 1. The van der Waals surface area contributed by atoms with Gasteiger partial charge in [0.1, 0.15) is 0 Å². The van der Waals surface area contributed by atoms with Gasteiger partial charge in [-0.15, -0.1) is 0 Å². The first kappa shape index (κ1) is 15.0. The molecule has 0 atom stereocenters. The third-order valence-corrected chi connectivity index (χ3v) is 3.07. The molecule has 2 rings (SSSR count). The van der Waals surface area contributed by atoms with Crippen LogP contribution in [0.15, 0.2) is 36.7 Å². The van der Waals surface area contributed by atoms with Gasteiger partial charge in [-0.25, -0.2) is 0 Å². The summed E-state index contributed by atoms with van der Waals surface area (Å²) in [4.78, 5) is 16.6. The highest BCUT2D eigenvalue weighted by Crippen LogP contribution is 2.29. The molecule has 1 heterocycles. The fourth-order valence-electron chi connectivity index (χ4n) is 2.08. The fourth-order valence-corrected chi connectivity index (χ4v) is 2.08. The molecule has 21 heavy (non-hydrogen) atoms. The van der Waals surface area contributed by atoms with Gasteiger partial charge in [0.15, 0.2) is 17.3 Å². The average molecular weight is 285 g/mol. The number of pyridine rings is 1. The quantitative estimate of drug-likeness (QED) is 0.763. The lowest BCUT2D eigenvalue weighted by Crippen LogP contribution is -2.06. The van der Waals surface area contributed by atoms with Gasteiger partial charge >= 0.3 is 0 Å². The van der Waals surface area contributed by atoms with E-state index in [-0.39, 0.29) is 5.78 Å². The Labute approximate surface area is 124 Å². The molecule has 0 saturated heterocycles. The highest BCUT2D eigenvalue weighted by atomic mass is 16.5. The van der Waals surface area contributed by atoms with Crippen molar-refractivity contribution >= 4 is 5.78 Å². The Morgan fingerprint density at radius 1 is 1.10 bits per heavy atom. The van der Waals surface area contributed by atoms with Gasteiger partial charge < -0.3 is 9.47 Å². The molecular weight excluding hydrogens is 266 g/mol. The molecule has 0 aliphatic carbocycles. The fraction of sp³-hybridized carbons (Fsp3) is 0.294. The zero-order chi connectivity index (χ0) is 15.2. The predicted molar refractivity (Wildman–Crippen MR) is 81.2 cm³/mol. The van der Waals surface area contributed by atoms with Crippen LogP contribution < -0.4 is 9.47 Å². The molecule has 0 aliphatic rings. The van der Waals surface area contributed by atoms with Crippen LogP contribution in [0.25, 0.3) is 0 Å². The molecule has 0 fully saturated rings. The second-order valence-corrected chi connectivity index (χ2v) is 4.55. The number of carbonyl (C=O) groups is 1. The molecule has 0 aliphatic heterocycles. The predicted octanol–water partition coefficient (Wildman–Crippen LogP) is 3.42. The first-order valence-electron chi connectivity index (χ1n) is 7.02. The van der Waals surface area contributed by atoms with Gasteiger partial charge in [0.2, 0.25) is 0 Å². The smallest absolute Gasteiger partial charge is 0.193 e. The number of nitrogens with zero attached hydrogens (tertiary/aromatic N) is 1. The normalized spacial score (nSPS) is 10.2. The largest absolute Gasteiger partial charge is 0.490 e. The van der Waals surface area contributed by atoms with Crippen LogP contribution in [0.1, 0.15) is 35.3 Å². The Kier molecular flexibility index (Phi) is 4.93. The Bertz CT molecular complexity index is 638. The number of aryl methyl sites for hydroxylation is 1. The van der Waals surface area contributed by atoms with E-state index >= 15 is 0 Å². The average Bonchev–Trinajstić information content (AvgIpc) is 2.49. The molecule has 4 nitrogen and oxygen atoms in total. The van der Waals surface area contributed by atoms with Crippen LogP contribution in [0.3, 0.4) is 0 Å². The van der Waals surface area contributed by atoms with E-state index in [1.807, 2.05) is 20.8 Å². The molecule has 0 amide bonds. The van der Waals surface area contributed by atoms with Crippen LogP contribution in [-0.2, 0) is 0 Å². The van der Waals surface area contributed by atoms with E-state index < -0.39 is 0 Å². The van der Waals surface area contributed by atoms with E-state index in [1.165, 1.54) is 0 Å². The van der Waals surface area contributed by atoms with Crippen molar-refractivity contribution in [2.45, 2.75) is 20.8 Å². The maximum atomic E-state index is 12.6. The monoisotopic (exact) mass is 285 g/mol. The van der Waals surface area contributed by atoms with E-state index in [1.54, 1.807) is 36.7 Å². The third-order valence-electron chi connectivity index (χ3n) is 3.07. The van der Waals surface area contributed by atoms with Crippen LogP contribution in [0.2, 0.25) is 0 Å². The number of benzene rings is 1. The first-order valence-corrected chi connectivity index (χ1v) is 7.02. The van der Waals surface area contributed by atoms with Crippen molar-refractivity contribution in [3.8, 4) is 11.5 Å². The van der Waals surface area contributed by atoms with Crippen molar-refractivity contribution in [2.24, 2.45) is 0 Å². The highest BCUT2D eigenvalue weighted by molar-refractivity contribution is 6.10. The van der Waals surface area contributed by atoms with Gasteiger partial charge in [-0.3, -0.25) is 9.78 Å². The number of ether oxygens (including phenoxy) is 2. The lowest BCUT2D eigenvalue weighted by Gasteiger charge is -2.12. The molecule has 110 valence electrons. The lowest BCUT2D eigenvalue weighted by atomic mass is 10.0. The van der Waals surface area contributed by atoms with Crippen molar-refractivity contribution < 1.29 is 14.3 Å². The summed E-state index contributed by atoms with van der Waals surface area (Å²) in [5, 5.41) is 0. The Hall–Kier alpha value is -2.36. The van der Waals surface area contributed by atoms with Crippen LogP contribution in [0.4, 0.5) is 0 Å². The van der Waals surface area contributed by atoms with E-state index in [9.17, 15) is 4.79 Å². The molecule has 0 radical (unpaired) electrons. The second kappa shape index (κ2) is 6.88. The molecule has 0 bridgehead atoms. The van der Waals surface area contributed by atoms with Gasteiger partial charge in [-0.2, -0.15) is 0 Å². The third kappa shape index (κ3) is 3.40. The maximum absolute atomic E-state index is 12.6. The summed E-state index contributed by atoms with van der Waals surface area (Å²) < 4.78 is 11.1. The minimum absolute atomic E-state index is 0.0427. The molecule has 4 heteroatoms. The zero-order valence-corrected chi connectivity index (χ0v) is 12.6. The van der Waals surface area contributed by atoms with Crippen molar-refractivity contribution in [1.82, 2.24) is 4.98 Å². The van der Waals surface area contributed by atoms with Crippen LogP contribution in [-0.4, -0.2) is 24.0 Å². The molecule has 0 spiro atoms. The summed E-state index contributed by atoms with van der Waals surface area (Å²) in [5.74, 6) is 1.21. The molecule has 2 aromatic rings. The number of aromatic nitrogens is 1. The Morgan fingerprint density at radius 2 is 1.81 bits per heavy atom.